The lowest BCUT2D eigenvalue weighted by molar-refractivity contribution is -0.106. The molecule has 1 aliphatic carbocycles. The summed E-state index contributed by atoms with van der Waals surface area (Å²) in [5, 5.41) is 7.10. The lowest BCUT2D eigenvalue weighted by Gasteiger charge is -2.54. The van der Waals surface area contributed by atoms with Gasteiger partial charge in [-0.2, -0.15) is 0 Å². The zero-order valence-electron chi connectivity index (χ0n) is 15.9. The summed E-state index contributed by atoms with van der Waals surface area (Å²) in [5.74, 6) is 2.56. The van der Waals surface area contributed by atoms with Crippen LogP contribution < -0.4 is 15.4 Å². The molecule has 3 unspecified atom stereocenters. The summed E-state index contributed by atoms with van der Waals surface area (Å²) in [6, 6.07) is 6.97. The predicted molar refractivity (Wildman–Crippen MR) is 115 cm³/mol. The number of rotatable bonds is 4. The number of ether oxygens (including phenoxy) is 2. The fourth-order valence-corrected chi connectivity index (χ4v) is 4.68. The Balaban J connectivity index is 0.00000196. The minimum Gasteiger partial charge on any atom is -0.493 e. The van der Waals surface area contributed by atoms with Gasteiger partial charge in [0.1, 0.15) is 5.75 Å². The maximum absolute atomic E-state index is 5.88. The summed E-state index contributed by atoms with van der Waals surface area (Å²) in [5.41, 5.74) is 2.85. The van der Waals surface area contributed by atoms with E-state index in [0.29, 0.717) is 18.1 Å². The highest BCUT2D eigenvalue weighted by Crippen LogP contribution is 2.52. The van der Waals surface area contributed by atoms with E-state index < -0.39 is 0 Å². The number of nitrogens with one attached hydrogen (secondary N) is 2. The Morgan fingerprint density at radius 2 is 2.15 bits per heavy atom. The van der Waals surface area contributed by atoms with Crippen molar-refractivity contribution < 1.29 is 9.47 Å². The smallest absolute Gasteiger partial charge is 0.191 e. The molecule has 3 atom stereocenters. The van der Waals surface area contributed by atoms with Gasteiger partial charge in [-0.1, -0.05) is 26.0 Å². The highest BCUT2D eigenvalue weighted by atomic mass is 127. The van der Waals surface area contributed by atoms with Crippen LogP contribution in [0.15, 0.2) is 23.2 Å². The van der Waals surface area contributed by atoms with Crippen molar-refractivity contribution in [2.75, 3.05) is 26.8 Å². The maximum Gasteiger partial charge on any atom is 0.191 e. The van der Waals surface area contributed by atoms with Crippen molar-refractivity contribution in [2.45, 2.75) is 45.3 Å². The lowest BCUT2D eigenvalue weighted by atomic mass is 9.57. The zero-order chi connectivity index (χ0) is 17.4. The molecular weight excluding hydrogens is 441 g/mol. The third-order valence-electron chi connectivity index (χ3n) is 6.08. The van der Waals surface area contributed by atoms with Crippen LogP contribution in [0.5, 0.6) is 5.75 Å². The van der Waals surface area contributed by atoms with Gasteiger partial charge in [-0.3, -0.25) is 4.99 Å². The Morgan fingerprint density at radius 3 is 2.96 bits per heavy atom. The molecule has 2 N–H and O–H groups in total. The number of nitrogens with zero attached hydrogens (tertiary/aromatic N) is 1. The van der Waals surface area contributed by atoms with Crippen molar-refractivity contribution >= 4 is 29.9 Å². The van der Waals surface area contributed by atoms with Crippen LogP contribution in [0.2, 0.25) is 0 Å². The van der Waals surface area contributed by atoms with Gasteiger partial charge >= 0.3 is 0 Å². The summed E-state index contributed by atoms with van der Waals surface area (Å²) < 4.78 is 11.5. The first-order valence-corrected chi connectivity index (χ1v) is 9.43. The van der Waals surface area contributed by atoms with Crippen LogP contribution in [-0.2, 0) is 17.6 Å². The van der Waals surface area contributed by atoms with E-state index in [1.54, 1.807) is 0 Å². The Hall–Kier alpha value is -1.02. The molecule has 2 fully saturated rings. The first-order valence-electron chi connectivity index (χ1n) is 9.43. The van der Waals surface area contributed by atoms with Crippen molar-refractivity contribution in [3.63, 3.8) is 0 Å². The molecule has 1 saturated heterocycles. The Bertz CT molecular complexity index is 677. The Labute approximate surface area is 173 Å². The number of aliphatic imine (C=N–C) groups is 1. The average Bonchev–Trinajstić information content (AvgIpc) is 3.25. The minimum absolute atomic E-state index is 0. The zero-order valence-corrected chi connectivity index (χ0v) is 18.2. The van der Waals surface area contributed by atoms with Gasteiger partial charge in [0.15, 0.2) is 5.96 Å². The van der Waals surface area contributed by atoms with Gasteiger partial charge in [0, 0.05) is 44.0 Å². The van der Waals surface area contributed by atoms with E-state index in [0.717, 1.165) is 50.7 Å². The minimum atomic E-state index is 0. The normalized spacial score (nSPS) is 28.3. The van der Waals surface area contributed by atoms with Crippen molar-refractivity contribution in [1.82, 2.24) is 10.6 Å². The number of hydrogen-bond acceptors (Lipinski definition) is 3. The van der Waals surface area contributed by atoms with Gasteiger partial charge in [-0.25, -0.2) is 0 Å². The van der Waals surface area contributed by atoms with Gasteiger partial charge in [0.2, 0.25) is 0 Å². The SMILES string of the molecule is CN=C(NCCc1ccc2c(c1)CCO2)NC1C2CCOC2C1(C)C.I. The van der Waals surface area contributed by atoms with E-state index in [9.17, 15) is 0 Å². The Morgan fingerprint density at radius 1 is 1.31 bits per heavy atom. The van der Waals surface area contributed by atoms with Crippen molar-refractivity contribution in [3.05, 3.63) is 29.3 Å². The highest BCUT2D eigenvalue weighted by Gasteiger charge is 2.59. The molecule has 144 valence electrons. The van der Waals surface area contributed by atoms with Crippen LogP contribution in [-0.4, -0.2) is 44.9 Å². The molecule has 5 nitrogen and oxygen atoms in total. The van der Waals surface area contributed by atoms with Crippen LogP contribution >= 0.6 is 24.0 Å². The van der Waals surface area contributed by atoms with Gasteiger partial charge in [-0.15, -0.1) is 24.0 Å². The molecule has 2 aliphatic heterocycles. The average molecular weight is 471 g/mol. The van der Waals surface area contributed by atoms with E-state index in [1.165, 1.54) is 11.1 Å². The van der Waals surface area contributed by atoms with E-state index in [-0.39, 0.29) is 29.4 Å². The van der Waals surface area contributed by atoms with Gasteiger partial charge in [0.05, 0.1) is 12.7 Å². The number of halogens is 1. The predicted octanol–water partition coefficient (Wildman–Crippen LogP) is 2.76. The fourth-order valence-electron chi connectivity index (χ4n) is 4.68. The molecular formula is C20H30IN3O2. The maximum atomic E-state index is 5.88. The van der Waals surface area contributed by atoms with E-state index in [2.05, 4.69) is 47.7 Å². The third-order valence-corrected chi connectivity index (χ3v) is 6.08. The molecule has 1 saturated carbocycles. The molecule has 0 aromatic heterocycles. The summed E-state index contributed by atoms with van der Waals surface area (Å²) in [4.78, 5) is 4.41. The molecule has 0 radical (unpaired) electrons. The molecule has 0 bridgehead atoms. The van der Waals surface area contributed by atoms with Crippen LogP contribution in [0.1, 0.15) is 31.4 Å². The summed E-state index contributed by atoms with van der Waals surface area (Å²) >= 11 is 0. The molecule has 3 aliphatic rings. The molecule has 0 spiro atoms. The standard InChI is InChI=1S/C20H29N3O2.HI/c1-20(2)17(15-8-11-25-18(15)20)23-19(21-3)22-9-6-13-4-5-16-14(12-13)7-10-24-16;/h4-5,12,15,17-18H,6-11H2,1-3H3,(H2,21,22,23);1H. The third kappa shape index (κ3) is 3.54. The largest absolute Gasteiger partial charge is 0.493 e. The number of benzene rings is 1. The van der Waals surface area contributed by atoms with Crippen molar-refractivity contribution in [3.8, 4) is 5.75 Å². The first kappa shape index (κ1) is 19.7. The molecule has 2 heterocycles. The molecule has 1 aromatic rings. The molecule has 1 aromatic carbocycles. The quantitative estimate of drug-likeness (QED) is 0.403. The summed E-state index contributed by atoms with van der Waals surface area (Å²) in [6.07, 6.45) is 3.56. The van der Waals surface area contributed by atoms with E-state index in [1.807, 2.05) is 7.05 Å². The topological polar surface area (TPSA) is 54.9 Å². The van der Waals surface area contributed by atoms with Gasteiger partial charge in [-0.05, 0) is 30.0 Å². The monoisotopic (exact) mass is 471 g/mol. The number of hydrogen-bond donors (Lipinski definition) is 2. The molecule has 4 rings (SSSR count). The van der Waals surface area contributed by atoms with Gasteiger partial charge in [0.25, 0.3) is 0 Å². The van der Waals surface area contributed by atoms with Crippen molar-refractivity contribution in [1.29, 1.82) is 0 Å². The molecule has 6 heteroatoms. The summed E-state index contributed by atoms with van der Waals surface area (Å²) in [6.45, 7) is 7.16. The van der Waals surface area contributed by atoms with E-state index >= 15 is 0 Å². The number of guanidine groups is 1. The second-order valence-electron chi connectivity index (χ2n) is 7.98. The van der Waals surface area contributed by atoms with Crippen LogP contribution in [0, 0.1) is 11.3 Å². The fraction of sp³-hybridized carbons (Fsp3) is 0.650. The van der Waals surface area contributed by atoms with Crippen LogP contribution in [0.25, 0.3) is 0 Å². The Kier molecular flexibility index (Phi) is 6.01. The first-order chi connectivity index (χ1) is 12.1. The second kappa shape index (κ2) is 7.92. The molecule has 0 amide bonds. The van der Waals surface area contributed by atoms with Crippen molar-refractivity contribution in [2.24, 2.45) is 16.3 Å². The van der Waals surface area contributed by atoms with Crippen LogP contribution in [0.3, 0.4) is 0 Å². The highest BCUT2D eigenvalue weighted by molar-refractivity contribution is 14.0. The number of fused-ring (bicyclic) bond motifs is 2. The molecule has 26 heavy (non-hydrogen) atoms. The van der Waals surface area contributed by atoms with Crippen LogP contribution in [0.4, 0.5) is 0 Å². The lowest BCUT2D eigenvalue weighted by Crippen LogP contribution is -2.68. The second-order valence-corrected chi connectivity index (χ2v) is 7.98. The van der Waals surface area contributed by atoms with Gasteiger partial charge < -0.3 is 20.1 Å². The summed E-state index contributed by atoms with van der Waals surface area (Å²) in [7, 11) is 1.84. The van der Waals surface area contributed by atoms with E-state index in [4.69, 9.17) is 9.47 Å².